The molecule has 0 saturated heterocycles. The highest BCUT2D eigenvalue weighted by Crippen LogP contribution is 2.31. The Labute approximate surface area is 187 Å². The molecule has 2 N–H and O–H groups in total. The van der Waals surface area contributed by atoms with Crippen molar-refractivity contribution >= 4 is 50.5 Å². The number of carbonyl (C=O) groups is 1. The third kappa shape index (κ3) is 4.21. The number of thiazole rings is 1. The van der Waals surface area contributed by atoms with E-state index in [1.165, 1.54) is 0 Å². The summed E-state index contributed by atoms with van der Waals surface area (Å²) in [4.78, 5) is 17.2. The summed E-state index contributed by atoms with van der Waals surface area (Å²) >= 11 is 6.95. The quantitative estimate of drug-likeness (QED) is 0.437. The minimum absolute atomic E-state index is 0.215. The molecule has 1 aromatic heterocycles. The monoisotopic (exact) mass is 447 g/mol. The number of nitrogens with zero attached hydrogens (tertiary/aromatic N) is 1. The Morgan fingerprint density at radius 1 is 0.968 bits per heavy atom. The Kier molecular flexibility index (Phi) is 5.23. The van der Waals surface area contributed by atoms with Crippen LogP contribution in [0.4, 0.5) is 5.69 Å². The summed E-state index contributed by atoms with van der Waals surface area (Å²) in [6.45, 7) is 0.968. The van der Waals surface area contributed by atoms with Crippen molar-refractivity contribution < 1.29 is 14.3 Å². The Morgan fingerprint density at radius 3 is 2.55 bits per heavy atom. The summed E-state index contributed by atoms with van der Waals surface area (Å²) < 4.78 is 12.2. The Balaban J connectivity index is 1.23. The third-order valence-corrected chi connectivity index (χ3v) is 6.00. The van der Waals surface area contributed by atoms with Gasteiger partial charge in [0, 0.05) is 16.8 Å². The van der Waals surface area contributed by atoms with Crippen LogP contribution in [-0.4, -0.2) is 29.2 Å². The molecule has 0 saturated carbocycles. The molecule has 1 amide bonds. The van der Waals surface area contributed by atoms with Gasteiger partial charge in [0.1, 0.15) is 18.2 Å². The molecule has 3 aromatic carbocycles. The lowest BCUT2D eigenvalue weighted by molar-refractivity contribution is 0.0976. The SMILES string of the molecule is O=C(NC(=S)Nc1ccc(-c2nc3ccccc3s2)cc1)c1ccc2c(c1)OCCO2. The molecule has 1 aliphatic heterocycles. The fourth-order valence-corrected chi connectivity index (χ4v) is 4.40. The number of rotatable bonds is 3. The van der Waals surface area contributed by atoms with Gasteiger partial charge in [-0.3, -0.25) is 10.1 Å². The second-order valence-electron chi connectivity index (χ2n) is 6.83. The van der Waals surface area contributed by atoms with E-state index >= 15 is 0 Å². The molecule has 0 bridgehead atoms. The van der Waals surface area contributed by atoms with E-state index in [4.69, 9.17) is 21.7 Å². The molecule has 6 nitrogen and oxygen atoms in total. The summed E-state index contributed by atoms with van der Waals surface area (Å²) in [7, 11) is 0. The van der Waals surface area contributed by atoms with Gasteiger partial charge in [-0.05, 0) is 66.8 Å². The van der Waals surface area contributed by atoms with Crippen LogP contribution >= 0.6 is 23.6 Å². The number of ether oxygens (including phenoxy) is 2. The van der Waals surface area contributed by atoms with Crippen molar-refractivity contribution in [3.05, 3.63) is 72.3 Å². The molecule has 0 unspecified atom stereocenters. The van der Waals surface area contributed by atoms with Crippen LogP contribution in [-0.2, 0) is 0 Å². The van der Waals surface area contributed by atoms with Crippen molar-refractivity contribution in [2.45, 2.75) is 0 Å². The first kappa shape index (κ1) is 19.5. The van der Waals surface area contributed by atoms with Gasteiger partial charge in [-0.1, -0.05) is 12.1 Å². The molecule has 0 radical (unpaired) electrons. The predicted octanol–water partition coefficient (Wildman–Crippen LogP) is 4.86. The normalized spacial score (nSPS) is 12.4. The van der Waals surface area contributed by atoms with Gasteiger partial charge in [-0.2, -0.15) is 0 Å². The summed E-state index contributed by atoms with van der Waals surface area (Å²) in [6.07, 6.45) is 0. The molecule has 1 aliphatic rings. The molecule has 0 aliphatic carbocycles. The van der Waals surface area contributed by atoms with Gasteiger partial charge in [-0.15, -0.1) is 11.3 Å². The molecule has 31 heavy (non-hydrogen) atoms. The van der Waals surface area contributed by atoms with Crippen LogP contribution in [0.15, 0.2) is 66.7 Å². The zero-order chi connectivity index (χ0) is 21.2. The van der Waals surface area contributed by atoms with Crippen molar-refractivity contribution in [1.82, 2.24) is 10.3 Å². The number of hydrogen-bond donors (Lipinski definition) is 2. The number of benzene rings is 3. The van der Waals surface area contributed by atoms with E-state index in [2.05, 4.69) is 21.7 Å². The molecule has 0 spiro atoms. The van der Waals surface area contributed by atoms with Crippen LogP contribution in [0.2, 0.25) is 0 Å². The zero-order valence-electron chi connectivity index (χ0n) is 16.3. The van der Waals surface area contributed by atoms with Gasteiger partial charge < -0.3 is 14.8 Å². The van der Waals surface area contributed by atoms with Crippen LogP contribution in [0, 0.1) is 0 Å². The molecule has 0 fully saturated rings. The molecule has 5 rings (SSSR count). The molecule has 4 aromatic rings. The Bertz CT molecular complexity index is 1250. The van der Waals surface area contributed by atoms with Crippen LogP contribution in [0.25, 0.3) is 20.8 Å². The molecular formula is C23H17N3O3S2. The predicted molar refractivity (Wildman–Crippen MR) is 126 cm³/mol. The van der Waals surface area contributed by atoms with E-state index in [1.807, 2.05) is 42.5 Å². The fraction of sp³-hybridized carbons (Fsp3) is 0.0870. The van der Waals surface area contributed by atoms with Gasteiger partial charge in [0.25, 0.3) is 5.91 Å². The van der Waals surface area contributed by atoms with Gasteiger partial charge >= 0.3 is 0 Å². The second-order valence-corrected chi connectivity index (χ2v) is 8.27. The number of nitrogens with one attached hydrogen (secondary N) is 2. The lowest BCUT2D eigenvalue weighted by Gasteiger charge is -2.18. The summed E-state index contributed by atoms with van der Waals surface area (Å²) in [5.41, 5.74) is 3.24. The van der Waals surface area contributed by atoms with Gasteiger partial charge in [0.05, 0.1) is 10.2 Å². The molecule has 0 atom stereocenters. The number of anilines is 1. The fourth-order valence-electron chi connectivity index (χ4n) is 3.21. The number of hydrogen-bond acceptors (Lipinski definition) is 6. The topological polar surface area (TPSA) is 72.5 Å². The van der Waals surface area contributed by atoms with Crippen molar-refractivity contribution in [1.29, 1.82) is 0 Å². The molecular weight excluding hydrogens is 430 g/mol. The number of carbonyl (C=O) groups excluding carboxylic acids is 1. The standard InChI is InChI=1S/C23H17N3O3S2/c27-21(15-7-10-18-19(13-15)29-12-11-28-18)26-23(30)24-16-8-5-14(6-9-16)22-25-17-3-1-2-4-20(17)31-22/h1-10,13H,11-12H2,(H2,24,26,27,30). The van der Waals surface area contributed by atoms with E-state index < -0.39 is 0 Å². The van der Waals surface area contributed by atoms with E-state index in [-0.39, 0.29) is 11.0 Å². The Hall–Kier alpha value is -3.49. The first-order valence-corrected chi connectivity index (χ1v) is 10.9. The summed E-state index contributed by atoms with van der Waals surface area (Å²) in [6, 6.07) is 20.9. The minimum atomic E-state index is -0.319. The van der Waals surface area contributed by atoms with E-state index in [1.54, 1.807) is 29.5 Å². The first-order valence-electron chi connectivity index (χ1n) is 9.64. The maximum atomic E-state index is 12.5. The number of fused-ring (bicyclic) bond motifs is 2. The smallest absolute Gasteiger partial charge is 0.257 e. The lowest BCUT2D eigenvalue weighted by atomic mass is 10.2. The lowest BCUT2D eigenvalue weighted by Crippen LogP contribution is -2.34. The van der Waals surface area contributed by atoms with Crippen LogP contribution < -0.4 is 20.1 Å². The van der Waals surface area contributed by atoms with Gasteiger partial charge in [0.15, 0.2) is 16.6 Å². The van der Waals surface area contributed by atoms with Crippen molar-refractivity contribution in [2.24, 2.45) is 0 Å². The van der Waals surface area contributed by atoms with Crippen LogP contribution in [0.5, 0.6) is 11.5 Å². The Morgan fingerprint density at radius 2 is 1.74 bits per heavy atom. The van der Waals surface area contributed by atoms with Crippen molar-refractivity contribution in [2.75, 3.05) is 18.5 Å². The molecule has 154 valence electrons. The maximum Gasteiger partial charge on any atom is 0.257 e. The van der Waals surface area contributed by atoms with Crippen LogP contribution in [0.1, 0.15) is 10.4 Å². The summed E-state index contributed by atoms with van der Waals surface area (Å²) in [5.74, 6) is 0.875. The summed E-state index contributed by atoms with van der Waals surface area (Å²) in [5, 5.41) is 6.90. The van der Waals surface area contributed by atoms with E-state index in [0.717, 1.165) is 26.5 Å². The first-order chi connectivity index (χ1) is 15.2. The number of amides is 1. The minimum Gasteiger partial charge on any atom is -0.486 e. The number of aromatic nitrogens is 1. The largest absolute Gasteiger partial charge is 0.486 e. The highest BCUT2D eigenvalue weighted by Gasteiger charge is 2.16. The van der Waals surface area contributed by atoms with E-state index in [0.29, 0.717) is 30.3 Å². The van der Waals surface area contributed by atoms with Crippen molar-refractivity contribution in [3.8, 4) is 22.1 Å². The highest BCUT2D eigenvalue weighted by molar-refractivity contribution is 7.80. The van der Waals surface area contributed by atoms with E-state index in [9.17, 15) is 4.79 Å². The maximum absolute atomic E-state index is 12.5. The van der Waals surface area contributed by atoms with Crippen LogP contribution in [0.3, 0.4) is 0 Å². The van der Waals surface area contributed by atoms with Crippen molar-refractivity contribution in [3.63, 3.8) is 0 Å². The molecule has 8 heteroatoms. The number of para-hydroxylation sites is 1. The number of thiocarbonyl (C=S) groups is 1. The van der Waals surface area contributed by atoms with Gasteiger partial charge in [0.2, 0.25) is 0 Å². The average molecular weight is 448 g/mol. The zero-order valence-corrected chi connectivity index (χ0v) is 17.9. The molecule has 2 heterocycles. The van der Waals surface area contributed by atoms with Gasteiger partial charge in [-0.25, -0.2) is 4.98 Å². The highest BCUT2D eigenvalue weighted by atomic mass is 32.1. The third-order valence-electron chi connectivity index (χ3n) is 4.72. The second kappa shape index (κ2) is 8.33. The average Bonchev–Trinajstić information content (AvgIpc) is 3.23.